The highest BCUT2D eigenvalue weighted by Gasteiger charge is 2.18. The molecule has 0 atom stereocenters. The lowest BCUT2D eigenvalue weighted by Gasteiger charge is -2.18. The minimum atomic E-state index is -0.663. The highest BCUT2D eigenvalue weighted by Crippen LogP contribution is 2.26. The van der Waals surface area contributed by atoms with Gasteiger partial charge < -0.3 is 4.90 Å². The van der Waals surface area contributed by atoms with Gasteiger partial charge in [-0.1, -0.05) is 59.6 Å². The van der Waals surface area contributed by atoms with Crippen LogP contribution in [-0.4, -0.2) is 17.9 Å². The van der Waals surface area contributed by atoms with Crippen molar-refractivity contribution in [1.29, 1.82) is 0 Å². The third-order valence-corrected chi connectivity index (χ3v) is 4.42. The van der Waals surface area contributed by atoms with Gasteiger partial charge in [-0.3, -0.25) is 4.79 Å². The number of benzene rings is 3. The Balaban J connectivity index is 1.84. The van der Waals surface area contributed by atoms with Gasteiger partial charge in [0.15, 0.2) is 0 Å². The van der Waals surface area contributed by atoms with Crippen LogP contribution in [0.2, 0.25) is 10.0 Å². The van der Waals surface area contributed by atoms with Crippen molar-refractivity contribution >= 4 is 39.9 Å². The van der Waals surface area contributed by atoms with Crippen molar-refractivity contribution in [2.24, 2.45) is 0 Å². The molecule has 0 saturated heterocycles. The van der Waals surface area contributed by atoms with Gasteiger partial charge in [-0.2, -0.15) is 0 Å². The van der Waals surface area contributed by atoms with Crippen LogP contribution in [0.1, 0.15) is 15.9 Å². The Kier molecular flexibility index (Phi) is 4.74. The monoisotopic (exact) mass is 361 g/mol. The fourth-order valence-corrected chi connectivity index (χ4v) is 3.04. The molecule has 0 unspecified atom stereocenters. The second kappa shape index (κ2) is 6.80. The summed E-state index contributed by atoms with van der Waals surface area (Å²) in [6.45, 7) is 0.393. The maximum atomic E-state index is 13.6. The van der Waals surface area contributed by atoms with E-state index in [-0.39, 0.29) is 21.5 Å². The summed E-state index contributed by atoms with van der Waals surface area (Å²) in [5.74, 6) is -1.02. The van der Waals surface area contributed by atoms with Crippen molar-refractivity contribution in [3.8, 4) is 0 Å². The van der Waals surface area contributed by atoms with E-state index in [1.165, 1.54) is 11.0 Å². The smallest absolute Gasteiger partial charge is 0.255 e. The number of fused-ring (bicyclic) bond motifs is 1. The van der Waals surface area contributed by atoms with Crippen LogP contribution in [0.25, 0.3) is 10.8 Å². The van der Waals surface area contributed by atoms with Crippen LogP contribution >= 0.6 is 23.2 Å². The van der Waals surface area contributed by atoms with E-state index in [4.69, 9.17) is 23.2 Å². The number of hydrogen-bond acceptors (Lipinski definition) is 1. The van der Waals surface area contributed by atoms with Crippen molar-refractivity contribution in [2.45, 2.75) is 6.54 Å². The second-order valence-electron chi connectivity index (χ2n) is 5.59. The van der Waals surface area contributed by atoms with Crippen molar-refractivity contribution in [3.63, 3.8) is 0 Å². The average Bonchev–Trinajstić information content (AvgIpc) is 2.57. The number of carbonyl (C=O) groups is 1. The number of carbonyl (C=O) groups excluding carboxylic acids is 1. The largest absolute Gasteiger partial charge is 0.337 e. The quantitative estimate of drug-likeness (QED) is 0.559. The first-order chi connectivity index (χ1) is 11.5. The molecule has 3 rings (SSSR count). The minimum absolute atomic E-state index is 0.0989. The van der Waals surface area contributed by atoms with Gasteiger partial charge in [0, 0.05) is 13.6 Å². The van der Waals surface area contributed by atoms with Crippen LogP contribution in [0.15, 0.2) is 54.6 Å². The minimum Gasteiger partial charge on any atom is -0.337 e. The first kappa shape index (κ1) is 16.7. The summed E-state index contributed by atoms with van der Waals surface area (Å²) in [5.41, 5.74) is 1.08. The Morgan fingerprint density at radius 1 is 1.00 bits per heavy atom. The lowest BCUT2D eigenvalue weighted by molar-refractivity contribution is 0.0785. The van der Waals surface area contributed by atoms with E-state index in [1.807, 2.05) is 42.5 Å². The Morgan fingerprint density at radius 2 is 1.71 bits per heavy atom. The molecule has 0 bridgehead atoms. The Bertz CT molecular complexity index is 926. The fourth-order valence-electron chi connectivity index (χ4n) is 2.57. The number of hydrogen-bond donors (Lipinski definition) is 0. The standard InChI is InChI=1S/C19H14Cl2FNO/c1-23(19(24)15-9-18(22)17(21)10-16(15)20)11-12-6-7-13-4-2-3-5-14(13)8-12/h2-10H,11H2,1H3. The molecular formula is C19H14Cl2FNO. The van der Waals surface area contributed by atoms with Crippen molar-refractivity contribution in [2.75, 3.05) is 7.05 Å². The summed E-state index contributed by atoms with van der Waals surface area (Å²) in [4.78, 5) is 14.0. The molecule has 24 heavy (non-hydrogen) atoms. The van der Waals surface area contributed by atoms with Gasteiger partial charge in [-0.05, 0) is 34.5 Å². The summed E-state index contributed by atoms with van der Waals surface area (Å²) in [6.07, 6.45) is 0. The van der Waals surface area contributed by atoms with E-state index < -0.39 is 5.82 Å². The molecule has 0 spiro atoms. The van der Waals surface area contributed by atoms with Gasteiger partial charge in [-0.15, -0.1) is 0 Å². The third kappa shape index (κ3) is 3.37. The van der Waals surface area contributed by atoms with E-state index in [9.17, 15) is 9.18 Å². The summed E-state index contributed by atoms with van der Waals surface area (Å²) in [5, 5.41) is 2.27. The molecule has 122 valence electrons. The van der Waals surface area contributed by atoms with E-state index in [1.54, 1.807) is 7.05 Å². The van der Waals surface area contributed by atoms with Crippen LogP contribution in [0.5, 0.6) is 0 Å². The maximum absolute atomic E-state index is 13.6. The van der Waals surface area contributed by atoms with Crippen LogP contribution in [-0.2, 0) is 6.54 Å². The molecule has 0 fully saturated rings. The molecular weight excluding hydrogens is 348 g/mol. The Labute approximate surface area is 149 Å². The average molecular weight is 362 g/mol. The molecule has 0 radical (unpaired) electrons. The third-order valence-electron chi connectivity index (χ3n) is 3.82. The zero-order valence-electron chi connectivity index (χ0n) is 12.9. The molecule has 3 aromatic carbocycles. The first-order valence-corrected chi connectivity index (χ1v) is 8.09. The molecule has 0 N–H and O–H groups in total. The molecule has 5 heteroatoms. The van der Waals surface area contributed by atoms with Crippen LogP contribution in [0.3, 0.4) is 0 Å². The van der Waals surface area contributed by atoms with E-state index in [0.29, 0.717) is 6.54 Å². The zero-order valence-corrected chi connectivity index (χ0v) is 14.4. The summed E-state index contributed by atoms with van der Waals surface area (Å²) in [7, 11) is 1.65. The van der Waals surface area contributed by atoms with Crippen molar-refractivity contribution < 1.29 is 9.18 Å². The maximum Gasteiger partial charge on any atom is 0.255 e. The molecule has 1 amide bonds. The van der Waals surface area contributed by atoms with Gasteiger partial charge in [0.25, 0.3) is 5.91 Å². The Hall–Kier alpha value is -2.10. The van der Waals surface area contributed by atoms with E-state index >= 15 is 0 Å². The van der Waals surface area contributed by atoms with Crippen molar-refractivity contribution in [3.05, 3.63) is 81.6 Å². The molecule has 0 aliphatic heterocycles. The SMILES string of the molecule is CN(Cc1ccc2ccccc2c1)C(=O)c1cc(F)c(Cl)cc1Cl. The summed E-state index contributed by atoms with van der Waals surface area (Å²) >= 11 is 11.7. The van der Waals surface area contributed by atoms with E-state index in [2.05, 4.69) is 0 Å². The van der Waals surface area contributed by atoms with Gasteiger partial charge in [0.1, 0.15) is 5.82 Å². The molecule has 0 aliphatic rings. The molecule has 2 nitrogen and oxygen atoms in total. The van der Waals surface area contributed by atoms with Crippen molar-refractivity contribution in [1.82, 2.24) is 4.90 Å². The fraction of sp³-hybridized carbons (Fsp3) is 0.105. The van der Waals surface area contributed by atoms with Gasteiger partial charge in [0.2, 0.25) is 0 Å². The number of halogens is 3. The van der Waals surface area contributed by atoms with Crippen LogP contribution in [0.4, 0.5) is 4.39 Å². The topological polar surface area (TPSA) is 20.3 Å². The number of rotatable bonds is 3. The molecule has 0 heterocycles. The summed E-state index contributed by atoms with van der Waals surface area (Å²) in [6, 6.07) is 16.3. The summed E-state index contributed by atoms with van der Waals surface area (Å²) < 4.78 is 13.6. The lowest BCUT2D eigenvalue weighted by Crippen LogP contribution is -2.26. The zero-order chi connectivity index (χ0) is 17.3. The molecule has 0 aromatic heterocycles. The first-order valence-electron chi connectivity index (χ1n) is 7.33. The van der Waals surface area contributed by atoms with Gasteiger partial charge in [0.05, 0.1) is 15.6 Å². The number of amides is 1. The number of nitrogens with zero attached hydrogens (tertiary/aromatic N) is 1. The lowest BCUT2D eigenvalue weighted by atomic mass is 10.1. The second-order valence-corrected chi connectivity index (χ2v) is 6.40. The predicted octanol–water partition coefficient (Wildman–Crippen LogP) is 5.56. The van der Waals surface area contributed by atoms with Gasteiger partial charge in [-0.25, -0.2) is 4.39 Å². The van der Waals surface area contributed by atoms with Crippen LogP contribution in [0, 0.1) is 5.82 Å². The molecule has 0 aliphatic carbocycles. The highest BCUT2D eigenvalue weighted by atomic mass is 35.5. The normalized spacial score (nSPS) is 10.8. The predicted molar refractivity (Wildman–Crippen MR) is 96.2 cm³/mol. The molecule has 0 saturated carbocycles. The van der Waals surface area contributed by atoms with Gasteiger partial charge >= 0.3 is 0 Å². The van der Waals surface area contributed by atoms with E-state index in [0.717, 1.165) is 22.4 Å². The Morgan fingerprint density at radius 3 is 2.46 bits per heavy atom. The molecule has 3 aromatic rings. The van der Waals surface area contributed by atoms with Crippen LogP contribution < -0.4 is 0 Å². The highest BCUT2D eigenvalue weighted by molar-refractivity contribution is 6.36.